The van der Waals surface area contributed by atoms with Crippen molar-refractivity contribution >= 4 is 0 Å². The van der Waals surface area contributed by atoms with Gasteiger partial charge in [0.25, 0.3) is 0 Å². The lowest BCUT2D eigenvalue weighted by molar-refractivity contribution is 0.507. The molecule has 3 nitrogen and oxygen atoms in total. The SMILES string of the molecule is Cc1nc2c(n1CCNCCCC(C)C)CCCC2. The topological polar surface area (TPSA) is 29.9 Å². The number of imidazole rings is 1. The summed E-state index contributed by atoms with van der Waals surface area (Å²) in [5, 5.41) is 3.56. The summed E-state index contributed by atoms with van der Waals surface area (Å²) in [5.41, 5.74) is 2.87. The minimum absolute atomic E-state index is 0.824. The zero-order chi connectivity index (χ0) is 13.7. The van der Waals surface area contributed by atoms with Crippen LogP contribution in [0.5, 0.6) is 0 Å². The number of nitrogens with zero attached hydrogens (tertiary/aromatic N) is 2. The largest absolute Gasteiger partial charge is 0.331 e. The van der Waals surface area contributed by atoms with Crippen molar-refractivity contribution in [3.8, 4) is 0 Å². The van der Waals surface area contributed by atoms with Gasteiger partial charge in [-0.25, -0.2) is 4.98 Å². The second-order valence-corrected chi connectivity index (χ2v) is 6.20. The Hall–Kier alpha value is -0.830. The van der Waals surface area contributed by atoms with Crippen LogP contribution in [0, 0.1) is 12.8 Å². The van der Waals surface area contributed by atoms with Crippen molar-refractivity contribution in [2.75, 3.05) is 13.1 Å². The van der Waals surface area contributed by atoms with Crippen molar-refractivity contribution in [3.63, 3.8) is 0 Å². The van der Waals surface area contributed by atoms with Crippen LogP contribution in [0.3, 0.4) is 0 Å². The average molecular weight is 263 g/mol. The van der Waals surface area contributed by atoms with Gasteiger partial charge in [-0.1, -0.05) is 13.8 Å². The molecule has 3 heteroatoms. The van der Waals surface area contributed by atoms with Crippen LogP contribution in [0.4, 0.5) is 0 Å². The Kier molecular flexibility index (Phi) is 5.44. The van der Waals surface area contributed by atoms with E-state index in [1.807, 2.05) is 0 Å². The lowest BCUT2D eigenvalue weighted by Crippen LogP contribution is -2.23. The van der Waals surface area contributed by atoms with Gasteiger partial charge >= 0.3 is 0 Å². The summed E-state index contributed by atoms with van der Waals surface area (Å²) >= 11 is 0. The van der Waals surface area contributed by atoms with Crippen molar-refractivity contribution in [2.24, 2.45) is 5.92 Å². The van der Waals surface area contributed by atoms with E-state index in [0.29, 0.717) is 0 Å². The molecular weight excluding hydrogens is 234 g/mol. The summed E-state index contributed by atoms with van der Waals surface area (Å²) in [4.78, 5) is 4.72. The maximum absolute atomic E-state index is 4.72. The standard InChI is InChI=1S/C16H29N3/c1-13(2)7-6-10-17-11-12-19-14(3)18-15-8-4-5-9-16(15)19/h13,17H,4-12H2,1-3H3. The Morgan fingerprint density at radius 3 is 2.79 bits per heavy atom. The molecule has 2 rings (SSSR count). The van der Waals surface area contributed by atoms with E-state index in [9.17, 15) is 0 Å². The highest BCUT2D eigenvalue weighted by Gasteiger charge is 2.17. The normalized spacial score (nSPS) is 14.9. The van der Waals surface area contributed by atoms with Crippen molar-refractivity contribution in [1.82, 2.24) is 14.9 Å². The number of hydrogen-bond donors (Lipinski definition) is 1. The summed E-state index contributed by atoms with van der Waals surface area (Å²) in [5.74, 6) is 2.03. The fraction of sp³-hybridized carbons (Fsp3) is 0.812. The molecule has 1 aromatic rings. The Bertz CT molecular complexity index is 393. The van der Waals surface area contributed by atoms with E-state index >= 15 is 0 Å². The van der Waals surface area contributed by atoms with Crippen molar-refractivity contribution in [1.29, 1.82) is 0 Å². The van der Waals surface area contributed by atoms with Crippen molar-refractivity contribution < 1.29 is 0 Å². The third kappa shape index (κ3) is 4.07. The van der Waals surface area contributed by atoms with E-state index in [1.165, 1.54) is 55.7 Å². The fourth-order valence-electron chi connectivity index (χ4n) is 2.98. The van der Waals surface area contributed by atoms with Gasteiger partial charge in [-0.3, -0.25) is 0 Å². The van der Waals surface area contributed by atoms with Crippen LogP contribution in [0.25, 0.3) is 0 Å². The summed E-state index contributed by atoms with van der Waals surface area (Å²) in [7, 11) is 0. The molecule has 1 aliphatic carbocycles. The number of aromatic nitrogens is 2. The van der Waals surface area contributed by atoms with E-state index in [0.717, 1.165) is 25.6 Å². The Morgan fingerprint density at radius 2 is 2.00 bits per heavy atom. The molecule has 1 N–H and O–H groups in total. The van der Waals surface area contributed by atoms with Crippen molar-refractivity contribution in [3.05, 3.63) is 17.2 Å². The lowest BCUT2D eigenvalue weighted by atomic mass is 10.0. The van der Waals surface area contributed by atoms with Crippen LogP contribution >= 0.6 is 0 Å². The summed E-state index contributed by atoms with van der Waals surface area (Å²) in [6.07, 6.45) is 7.68. The molecule has 1 aliphatic rings. The van der Waals surface area contributed by atoms with E-state index in [4.69, 9.17) is 4.98 Å². The molecule has 19 heavy (non-hydrogen) atoms. The fourth-order valence-corrected chi connectivity index (χ4v) is 2.98. The molecule has 0 radical (unpaired) electrons. The first kappa shape index (κ1) is 14.6. The zero-order valence-electron chi connectivity index (χ0n) is 12.8. The smallest absolute Gasteiger partial charge is 0.106 e. The summed E-state index contributed by atoms with van der Waals surface area (Å²) in [6.45, 7) is 10.0. The molecular formula is C16H29N3. The molecule has 0 spiro atoms. The molecule has 0 atom stereocenters. The van der Waals surface area contributed by atoms with E-state index in [1.54, 1.807) is 0 Å². The Labute approximate surface area is 117 Å². The molecule has 1 heterocycles. The Morgan fingerprint density at radius 1 is 1.21 bits per heavy atom. The number of nitrogens with one attached hydrogen (secondary N) is 1. The highest BCUT2D eigenvalue weighted by atomic mass is 15.1. The number of fused-ring (bicyclic) bond motifs is 1. The van der Waals surface area contributed by atoms with Gasteiger partial charge in [0.15, 0.2) is 0 Å². The predicted octanol–water partition coefficient (Wildman–Crippen LogP) is 3.10. The first-order valence-corrected chi connectivity index (χ1v) is 7.94. The van der Waals surface area contributed by atoms with Crippen LogP contribution < -0.4 is 5.32 Å². The maximum Gasteiger partial charge on any atom is 0.106 e. The molecule has 0 saturated heterocycles. The Balaban J connectivity index is 1.75. The highest BCUT2D eigenvalue weighted by molar-refractivity contribution is 5.19. The van der Waals surface area contributed by atoms with Gasteiger partial charge < -0.3 is 9.88 Å². The van der Waals surface area contributed by atoms with Gasteiger partial charge in [-0.15, -0.1) is 0 Å². The molecule has 0 aliphatic heterocycles. The molecule has 0 unspecified atom stereocenters. The van der Waals surface area contributed by atoms with E-state index < -0.39 is 0 Å². The number of hydrogen-bond acceptors (Lipinski definition) is 2. The molecule has 0 fully saturated rings. The third-order valence-electron chi connectivity index (χ3n) is 4.07. The van der Waals surface area contributed by atoms with Gasteiger partial charge in [0.05, 0.1) is 5.69 Å². The minimum Gasteiger partial charge on any atom is -0.331 e. The van der Waals surface area contributed by atoms with Crippen LogP contribution in [-0.4, -0.2) is 22.6 Å². The van der Waals surface area contributed by atoms with Gasteiger partial charge in [-0.05, 0) is 57.9 Å². The first-order chi connectivity index (χ1) is 9.18. The molecule has 0 amide bonds. The zero-order valence-corrected chi connectivity index (χ0v) is 12.8. The summed E-state index contributed by atoms with van der Waals surface area (Å²) in [6, 6.07) is 0. The summed E-state index contributed by atoms with van der Waals surface area (Å²) < 4.78 is 2.43. The van der Waals surface area contributed by atoms with E-state index in [2.05, 4.69) is 30.7 Å². The maximum atomic E-state index is 4.72. The molecule has 0 aromatic carbocycles. The van der Waals surface area contributed by atoms with Gasteiger partial charge in [0, 0.05) is 18.8 Å². The lowest BCUT2D eigenvalue weighted by Gasteiger charge is -2.15. The molecule has 108 valence electrons. The van der Waals surface area contributed by atoms with Crippen LogP contribution in [0.2, 0.25) is 0 Å². The minimum atomic E-state index is 0.824. The molecule has 0 bridgehead atoms. The van der Waals surface area contributed by atoms with Crippen molar-refractivity contribution in [2.45, 2.75) is 65.8 Å². The average Bonchev–Trinajstić information content (AvgIpc) is 2.69. The second kappa shape index (κ2) is 7.09. The van der Waals surface area contributed by atoms with E-state index in [-0.39, 0.29) is 0 Å². The highest BCUT2D eigenvalue weighted by Crippen LogP contribution is 2.21. The second-order valence-electron chi connectivity index (χ2n) is 6.20. The van der Waals surface area contributed by atoms with Gasteiger partial charge in [0.2, 0.25) is 0 Å². The quantitative estimate of drug-likeness (QED) is 0.766. The number of rotatable bonds is 7. The van der Waals surface area contributed by atoms with Crippen LogP contribution in [-0.2, 0) is 19.4 Å². The van der Waals surface area contributed by atoms with Crippen LogP contribution in [0.15, 0.2) is 0 Å². The number of aryl methyl sites for hydroxylation is 2. The first-order valence-electron chi connectivity index (χ1n) is 7.94. The molecule has 0 saturated carbocycles. The van der Waals surface area contributed by atoms with Gasteiger partial charge in [-0.2, -0.15) is 0 Å². The van der Waals surface area contributed by atoms with Gasteiger partial charge in [0.1, 0.15) is 5.82 Å². The molecule has 1 aromatic heterocycles. The predicted molar refractivity (Wildman–Crippen MR) is 80.5 cm³/mol. The third-order valence-corrected chi connectivity index (χ3v) is 4.07. The monoisotopic (exact) mass is 263 g/mol. The van der Waals surface area contributed by atoms with Crippen LogP contribution in [0.1, 0.15) is 56.7 Å².